The van der Waals surface area contributed by atoms with E-state index in [1.165, 1.54) is 11.8 Å². The van der Waals surface area contributed by atoms with Crippen LogP contribution in [0, 0.1) is 0 Å². The lowest BCUT2D eigenvalue weighted by atomic mass is 10.5. The molecule has 0 aliphatic carbocycles. The van der Waals surface area contributed by atoms with Crippen molar-refractivity contribution in [1.29, 1.82) is 0 Å². The highest BCUT2D eigenvalue weighted by molar-refractivity contribution is 7.99. The monoisotopic (exact) mass is 204 g/mol. The van der Waals surface area contributed by atoms with E-state index in [1.807, 2.05) is 18.2 Å². The topological polar surface area (TPSA) is 64.7 Å². The van der Waals surface area contributed by atoms with Gasteiger partial charge in [0.2, 0.25) is 0 Å². The molecule has 0 amide bonds. The highest BCUT2D eigenvalue weighted by atomic mass is 32.2. The molecule has 2 aromatic rings. The first-order chi connectivity index (χ1) is 6.86. The molecule has 70 valence electrons. The van der Waals surface area contributed by atoms with Crippen molar-refractivity contribution in [3.05, 3.63) is 36.8 Å². The highest BCUT2D eigenvalue weighted by Gasteiger charge is 2.03. The molecule has 0 saturated carbocycles. The summed E-state index contributed by atoms with van der Waals surface area (Å²) in [7, 11) is 0. The number of hydrogen-bond acceptors (Lipinski definition) is 5. The van der Waals surface area contributed by atoms with E-state index in [0.29, 0.717) is 10.8 Å². The summed E-state index contributed by atoms with van der Waals surface area (Å²) < 4.78 is 0. The average molecular weight is 204 g/mol. The van der Waals surface area contributed by atoms with E-state index >= 15 is 0 Å². The van der Waals surface area contributed by atoms with Crippen LogP contribution in [-0.2, 0) is 0 Å². The third kappa shape index (κ3) is 2.00. The molecule has 0 aliphatic heterocycles. The number of aromatic nitrogens is 3. The minimum atomic E-state index is 0.433. The van der Waals surface area contributed by atoms with Gasteiger partial charge >= 0.3 is 0 Å². The molecule has 0 bridgehead atoms. The van der Waals surface area contributed by atoms with Crippen LogP contribution in [0.2, 0.25) is 0 Å². The van der Waals surface area contributed by atoms with E-state index in [9.17, 15) is 0 Å². The van der Waals surface area contributed by atoms with Gasteiger partial charge in [-0.15, -0.1) is 0 Å². The van der Waals surface area contributed by atoms with Crippen molar-refractivity contribution in [2.45, 2.75) is 10.1 Å². The van der Waals surface area contributed by atoms with Crippen LogP contribution >= 0.6 is 11.8 Å². The minimum Gasteiger partial charge on any atom is -0.381 e. The number of nitrogen functional groups attached to an aromatic ring is 1. The summed E-state index contributed by atoms with van der Waals surface area (Å²) >= 11 is 1.40. The van der Waals surface area contributed by atoms with Crippen molar-refractivity contribution in [3.8, 4) is 0 Å². The molecule has 0 fully saturated rings. The standard InChI is InChI=1S/C9H8N4S/c10-8-9(13-6-5-12-8)14-7-3-1-2-4-11-7/h1-6H,(H2,10,12). The fraction of sp³-hybridized carbons (Fsp3) is 0. The number of hydrogen-bond donors (Lipinski definition) is 1. The SMILES string of the molecule is Nc1nccnc1Sc1ccccn1. The first kappa shape index (κ1) is 8.96. The summed E-state index contributed by atoms with van der Waals surface area (Å²) in [4.78, 5) is 12.2. The average Bonchev–Trinajstić information content (AvgIpc) is 2.23. The Morgan fingerprint density at radius 1 is 1.00 bits per heavy atom. The van der Waals surface area contributed by atoms with Gasteiger partial charge in [0, 0.05) is 18.6 Å². The lowest BCUT2D eigenvalue weighted by Crippen LogP contribution is -1.94. The maximum atomic E-state index is 5.65. The lowest BCUT2D eigenvalue weighted by Gasteiger charge is -2.00. The summed E-state index contributed by atoms with van der Waals surface area (Å²) in [6.45, 7) is 0. The highest BCUT2D eigenvalue weighted by Crippen LogP contribution is 2.26. The predicted octanol–water partition coefficient (Wildman–Crippen LogP) is 1.60. The van der Waals surface area contributed by atoms with Gasteiger partial charge in [0.05, 0.1) is 0 Å². The molecular formula is C9H8N4S. The molecule has 2 heterocycles. The van der Waals surface area contributed by atoms with E-state index in [1.54, 1.807) is 18.6 Å². The van der Waals surface area contributed by atoms with Gasteiger partial charge in [-0.1, -0.05) is 6.07 Å². The van der Waals surface area contributed by atoms with Crippen LogP contribution in [0.15, 0.2) is 46.8 Å². The molecule has 2 N–H and O–H groups in total. The second kappa shape index (κ2) is 4.06. The van der Waals surface area contributed by atoms with Crippen LogP contribution in [0.5, 0.6) is 0 Å². The van der Waals surface area contributed by atoms with E-state index < -0.39 is 0 Å². The van der Waals surface area contributed by atoms with Crippen molar-refractivity contribution in [1.82, 2.24) is 15.0 Å². The molecule has 4 nitrogen and oxygen atoms in total. The Labute approximate surface area is 85.6 Å². The maximum Gasteiger partial charge on any atom is 0.156 e. The Morgan fingerprint density at radius 3 is 2.57 bits per heavy atom. The van der Waals surface area contributed by atoms with Crippen LogP contribution in [0.25, 0.3) is 0 Å². The van der Waals surface area contributed by atoms with Gasteiger partial charge in [0.1, 0.15) is 10.1 Å². The predicted molar refractivity (Wildman–Crippen MR) is 54.8 cm³/mol. The van der Waals surface area contributed by atoms with E-state index in [2.05, 4.69) is 15.0 Å². The van der Waals surface area contributed by atoms with E-state index in [0.717, 1.165) is 5.03 Å². The quantitative estimate of drug-likeness (QED) is 0.805. The molecule has 0 unspecified atom stereocenters. The van der Waals surface area contributed by atoms with E-state index in [-0.39, 0.29) is 0 Å². The zero-order chi connectivity index (χ0) is 9.80. The molecule has 0 aliphatic rings. The van der Waals surface area contributed by atoms with Crippen LogP contribution in [0.3, 0.4) is 0 Å². The second-order valence-corrected chi connectivity index (χ2v) is 3.53. The van der Waals surface area contributed by atoms with Gasteiger partial charge in [0.25, 0.3) is 0 Å². The smallest absolute Gasteiger partial charge is 0.156 e. The summed E-state index contributed by atoms with van der Waals surface area (Å²) in [6.07, 6.45) is 4.91. The number of nitrogens with two attached hydrogens (primary N) is 1. The lowest BCUT2D eigenvalue weighted by molar-refractivity contribution is 1.05. The number of pyridine rings is 1. The summed E-state index contributed by atoms with van der Waals surface area (Å²) in [5, 5.41) is 1.55. The van der Waals surface area contributed by atoms with Gasteiger partial charge in [0.15, 0.2) is 5.82 Å². The number of nitrogens with zero attached hydrogens (tertiary/aromatic N) is 3. The van der Waals surface area contributed by atoms with Crippen LogP contribution in [0.4, 0.5) is 5.82 Å². The van der Waals surface area contributed by atoms with Crippen molar-refractivity contribution >= 4 is 17.6 Å². The normalized spacial score (nSPS) is 10.0. The third-order valence-electron chi connectivity index (χ3n) is 1.53. The molecule has 0 aromatic carbocycles. The molecule has 0 radical (unpaired) electrons. The van der Waals surface area contributed by atoms with Crippen LogP contribution < -0.4 is 5.73 Å². The van der Waals surface area contributed by atoms with Crippen LogP contribution in [-0.4, -0.2) is 15.0 Å². The van der Waals surface area contributed by atoms with Gasteiger partial charge in [-0.3, -0.25) is 0 Å². The zero-order valence-corrected chi connectivity index (χ0v) is 8.11. The first-order valence-electron chi connectivity index (χ1n) is 4.01. The maximum absolute atomic E-state index is 5.65. The molecule has 0 spiro atoms. The second-order valence-electron chi connectivity index (χ2n) is 2.52. The Bertz CT molecular complexity index is 418. The Balaban J connectivity index is 2.24. The van der Waals surface area contributed by atoms with Crippen molar-refractivity contribution in [2.24, 2.45) is 0 Å². The fourth-order valence-corrected chi connectivity index (χ4v) is 1.65. The van der Waals surface area contributed by atoms with Crippen molar-refractivity contribution < 1.29 is 0 Å². The summed E-state index contributed by atoms with van der Waals surface area (Å²) in [6, 6.07) is 5.69. The summed E-state index contributed by atoms with van der Waals surface area (Å²) in [5.74, 6) is 0.433. The first-order valence-corrected chi connectivity index (χ1v) is 4.83. The third-order valence-corrected chi connectivity index (χ3v) is 2.49. The summed E-state index contributed by atoms with van der Waals surface area (Å²) in [5.41, 5.74) is 5.65. The molecule has 0 saturated heterocycles. The molecule has 0 atom stereocenters. The zero-order valence-electron chi connectivity index (χ0n) is 7.29. The molecular weight excluding hydrogens is 196 g/mol. The molecule has 2 aromatic heterocycles. The van der Waals surface area contributed by atoms with Gasteiger partial charge in [-0.25, -0.2) is 15.0 Å². The Kier molecular flexibility index (Phi) is 2.60. The molecule has 2 rings (SSSR count). The van der Waals surface area contributed by atoms with Gasteiger partial charge in [-0.2, -0.15) is 0 Å². The van der Waals surface area contributed by atoms with Gasteiger partial charge in [-0.05, 0) is 23.9 Å². The van der Waals surface area contributed by atoms with Gasteiger partial charge < -0.3 is 5.73 Å². The fourth-order valence-electron chi connectivity index (χ4n) is 0.921. The largest absolute Gasteiger partial charge is 0.381 e. The number of anilines is 1. The Hall–Kier alpha value is -1.62. The van der Waals surface area contributed by atoms with Crippen LogP contribution in [0.1, 0.15) is 0 Å². The van der Waals surface area contributed by atoms with Crippen molar-refractivity contribution in [3.63, 3.8) is 0 Å². The molecule has 14 heavy (non-hydrogen) atoms. The Morgan fingerprint density at radius 2 is 1.86 bits per heavy atom. The molecule has 5 heteroatoms. The van der Waals surface area contributed by atoms with E-state index in [4.69, 9.17) is 5.73 Å². The minimum absolute atomic E-state index is 0.433. The number of rotatable bonds is 2. The van der Waals surface area contributed by atoms with Crippen molar-refractivity contribution in [2.75, 3.05) is 5.73 Å².